The van der Waals surface area contributed by atoms with Crippen molar-refractivity contribution in [2.45, 2.75) is 31.2 Å². The van der Waals surface area contributed by atoms with Gasteiger partial charge >= 0.3 is 0 Å². The third-order valence-electron chi connectivity index (χ3n) is 6.01. The molecule has 1 atom stereocenters. The average Bonchev–Trinajstić information content (AvgIpc) is 2.93. The minimum Gasteiger partial charge on any atom is -0.494 e. The number of carbonyl (C=O) groups excluding carboxylic acids is 2. The molecule has 3 aromatic rings. The van der Waals surface area contributed by atoms with Crippen LogP contribution in [0, 0.1) is 5.82 Å². The SMILES string of the molecule is CCOc1ccc(S(=O)(=O)N(CC(=O)N(CCc2ccccc2)[C@@H](C)C(=O)NC)c2ccc(F)cc2)cc1. The number of nitrogens with zero attached hydrogens (tertiary/aromatic N) is 2. The molecular weight excluding hydrogens is 509 g/mol. The molecule has 0 aliphatic heterocycles. The van der Waals surface area contributed by atoms with E-state index in [9.17, 15) is 22.4 Å². The van der Waals surface area contributed by atoms with Crippen LogP contribution in [0.2, 0.25) is 0 Å². The van der Waals surface area contributed by atoms with Gasteiger partial charge in [-0.05, 0) is 74.4 Å². The molecule has 38 heavy (non-hydrogen) atoms. The molecule has 8 nitrogen and oxygen atoms in total. The van der Waals surface area contributed by atoms with Crippen LogP contribution in [-0.2, 0) is 26.0 Å². The van der Waals surface area contributed by atoms with E-state index in [1.54, 1.807) is 6.92 Å². The van der Waals surface area contributed by atoms with Crippen LogP contribution >= 0.6 is 0 Å². The summed E-state index contributed by atoms with van der Waals surface area (Å²) in [5, 5.41) is 2.54. The zero-order valence-electron chi connectivity index (χ0n) is 21.6. The fourth-order valence-corrected chi connectivity index (χ4v) is 5.33. The van der Waals surface area contributed by atoms with Crippen molar-refractivity contribution in [2.75, 3.05) is 31.0 Å². The molecule has 0 aliphatic rings. The Balaban J connectivity index is 1.96. The first kappa shape index (κ1) is 28.6. The highest BCUT2D eigenvalue weighted by Crippen LogP contribution is 2.26. The number of benzene rings is 3. The lowest BCUT2D eigenvalue weighted by atomic mass is 10.1. The van der Waals surface area contributed by atoms with E-state index in [0.29, 0.717) is 18.8 Å². The predicted molar refractivity (Wildman–Crippen MR) is 144 cm³/mol. The lowest BCUT2D eigenvalue weighted by molar-refractivity contribution is -0.138. The van der Waals surface area contributed by atoms with E-state index in [1.165, 1.54) is 48.3 Å². The third kappa shape index (κ3) is 7.10. The molecule has 0 spiro atoms. The van der Waals surface area contributed by atoms with Gasteiger partial charge in [0.1, 0.15) is 24.2 Å². The Bertz CT molecular complexity index is 1320. The van der Waals surface area contributed by atoms with E-state index in [0.717, 1.165) is 22.0 Å². The number of halogens is 1. The Morgan fingerprint density at radius 3 is 2.18 bits per heavy atom. The van der Waals surface area contributed by atoms with Crippen molar-refractivity contribution in [3.05, 3.63) is 90.2 Å². The lowest BCUT2D eigenvalue weighted by Gasteiger charge is -2.31. The van der Waals surface area contributed by atoms with Crippen LogP contribution in [0.4, 0.5) is 10.1 Å². The van der Waals surface area contributed by atoms with Gasteiger partial charge in [0.25, 0.3) is 10.0 Å². The van der Waals surface area contributed by atoms with Gasteiger partial charge < -0.3 is 15.0 Å². The number of ether oxygens (including phenoxy) is 1. The van der Waals surface area contributed by atoms with Gasteiger partial charge in [0.05, 0.1) is 17.2 Å². The molecule has 3 aromatic carbocycles. The second-order valence-corrected chi connectivity index (χ2v) is 10.4. The molecule has 0 aromatic heterocycles. The van der Waals surface area contributed by atoms with Crippen molar-refractivity contribution in [1.82, 2.24) is 10.2 Å². The second kappa shape index (κ2) is 13.0. The normalized spacial score (nSPS) is 11.9. The van der Waals surface area contributed by atoms with E-state index >= 15 is 0 Å². The summed E-state index contributed by atoms with van der Waals surface area (Å²) in [4.78, 5) is 27.4. The lowest BCUT2D eigenvalue weighted by Crippen LogP contribution is -2.51. The smallest absolute Gasteiger partial charge is 0.264 e. The number of nitrogens with one attached hydrogen (secondary N) is 1. The highest BCUT2D eigenvalue weighted by molar-refractivity contribution is 7.92. The Kier molecular flexibility index (Phi) is 9.84. The Morgan fingerprint density at radius 2 is 1.61 bits per heavy atom. The van der Waals surface area contributed by atoms with Crippen LogP contribution in [-0.4, -0.2) is 57.9 Å². The summed E-state index contributed by atoms with van der Waals surface area (Å²) in [6.45, 7) is 3.43. The minimum atomic E-state index is -4.24. The van der Waals surface area contributed by atoms with Crippen LogP contribution in [0.3, 0.4) is 0 Å². The van der Waals surface area contributed by atoms with Gasteiger partial charge in [-0.25, -0.2) is 12.8 Å². The first-order chi connectivity index (χ1) is 18.2. The van der Waals surface area contributed by atoms with Gasteiger partial charge in [-0.3, -0.25) is 13.9 Å². The van der Waals surface area contributed by atoms with E-state index in [-0.39, 0.29) is 23.0 Å². The van der Waals surface area contributed by atoms with Crippen molar-refractivity contribution in [3.63, 3.8) is 0 Å². The largest absolute Gasteiger partial charge is 0.494 e. The standard InChI is InChI=1S/C28H32FN3O5S/c1-4-37-25-14-16-26(17-15-25)38(35,36)32(24-12-10-23(29)11-13-24)20-27(33)31(21(2)28(34)30-3)19-18-22-8-6-5-7-9-22/h5-17,21H,4,18-20H2,1-3H3,(H,30,34)/t21-/m0/s1. The summed E-state index contributed by atoms with van der Waals surface area (Å²) in [5.74, 6) is -0.997. The molecule has 1 N–H and O–H groups in total. The first-order valence-corrected chi connectivity index (χ1v) is 13.7. The molecule has 2 amide bonds. The number of likely N-dealkylation sites (N-methyl/N-ethyl adjacent to an activating group) is 1. The van der Waals surface area contributed by atoms with Crippen LogP contribution in [0.25, 0.3) is 0 Å². The highest BCUT2D eigenvalue weighted by atomic mass is 32.2. The maximum atomic E-state index is 13.7. The van der Waals surface area contributed by atoms with Crippen LogP contribution < -0.4 is 14.4 Å². The van der Waals surface area contributed by atoms with E-state index in [4.69, 9.17) is 4.74 Å². The maximum Gasteiger partial charge on any atom is 0.264 e. The molecule has 0 aliphatic carbocycles. The monoisotopic (exact) mass is 541 g/mol. The van der Waals surface area contributed by atoms with Crippen molar-refractivity contribution in [3.8, 4) is 5.75 Å². The summed E-state index contributed by atoms with van der Waals surface area (Å²) >= 11 is 0. The number of hydrogen-bond acceptors (Lipinski definition) is 5. The summed E-state index contributed by atoms with van der Waals surface area (Å²) in [5.41, 5.74) is 1.08. The first-order valence-electron chi connectivity index (χ1n) is 12.2. The number of hydrogen-bond donors (Lipinski definition) is 1. The quantitative estimate of drug-likeness (QED) is 0.378. The third-order valence-corrected chi connectivity index (χ3v) is 7.80. The second-order valence-electron chi connectivity index (χ2n) is 8.51. The zero-order chi connectivity index (χ0) is 27.7. The highest BCUT2D eigenvalue weighted by Gasteiger charge is 2.32. The molecule has 0 radical (unpaired) electrons. The van der Waals surface area contributed by atoms with E-state index < -0.39 is 34.3 Å². The number of sulfonamides is 1. The summed E-state index contributed by atoms with van der Waals surface area (Å²) in [7, 11) is -2.77. The van der Waals surface area contributed by atoms with E-state index in [2.05, 4.69) is 5.32 Å². The molecule has 0 heterocycles. The number of anilines is 1. The molecular formula is C28H32FN3O5S. The van der Waals surface area contributed by atoms with Gasteiger partial charge in [0, 0.05) is 13.6 Å². The Hall–Kier alpha value is -3.92. The van der Waals surface area contributed by atoms with Crippen molar-refractivity contribution in [2.24, 2.45) is 0 Å². The Labute approximate surface area is 223 Å². The fraction of sp³-hybridized carbons (Fsp3) is 0.286. The van der Waals surface area contributed by atoms with Crippen LogP contribution in [0.15, 0.2) is 83.8 Å². The van der Waals surface area contributed by atoms with Gasteiger partial charge in [-0.15, -0.1) is 0 Å². The number of amides is 2. The van der Waals surface area contributed by atoms with Gasteiger partial charge in [-0.1, -0.05) is 30.3 Å². The molecule has 3 rings (SSSR count). The van der Waals surface area contributed by atoms with Gasteiger partial charge in [0.2, 0.25) is 11.8 Å². The maximum absolute atomic E-state index is 13.7. The summed E-state index contributed by atoms with van der Waals surface area (Å²) in [6.07, 6.45) is 0.468. The number of carbonyl (C=O) groups is 2. The molecule has 10 heteroatoms. The van der Waals surface area contributed by atoms with E-state index in [1.807, 2.05) is 37.3 Å². The summed E-state index contributed by atoms with van der Waals surface area (Å²) in [6, 6.07) is 19.3. The van der Waals surface area contributed by atoms with Crippen molar-refractivity contribution >= 4 is 27.5 Å². The number of rotatable bonds is 12. The fourth-order valence-electron chi connectivity index (χ4n) is 3.92. The molecule has 0 saturated carbocycles. The Morgan fingerprint density at radius 1 is 0.974 bits per heavy atom. The molecule has 0 fully saturated rings. The topological polar surface area (TPSA) is 96.0 Å². The van der Waals surface area contributed by atoms with Crippen LogP contribution in [0.1, 0.15) is 19.4 Å². The van der Waals surface area contributed by atoms with Crippen molar-refractivity contribution in [1.29, 1.82) is 0 Å². The molecule has 202 valence electrons. The zero-order valence-corrected chi connectivity index (χ0v) is 22.4. The molecule has 0 bridgehead atoms. The molecule has 0 saturated heterocycles. The average molecular weight is 542 g/mol. The van der Waals surface area contributed by atoms with Gasteiger partial charge in [0.15, 0.2) is 0 Å². The van der Waals surface area contributed by atoms with Gasteiger partial charge in [-0.2, -0.15) is 0 Å². The summed E-state index contributed by atoms with van der Waals surface area (Å²) < 4.78 is 47.5. The minimum absolute atomic E-state index is 0.0618. The predicted octanol–water partition coefficient (Wildman–Crippen LogP) is 3.63. The molecule has 0 unspecified atom stereocenters. The van der Waals surface area contributed by atoms with Crippen LogP contribution in [0.5, 0.6) is 5.75 Å². The van der Waals surface area contributed by atoms with Crippen molar-refractivity contribution < 1.29 is 27.1 Å².